The van der Waals surface area contributed by atoms with Crippen LogP contribution in [0.3, 0.4) is 0 Å². The predicted molar refractivity (Wildman–Crippen MR) is 58.3 cm³/mol. The molecule has 4 nitrogen and oxygen atoms in total. The van der Waals surface area contributed by atoms with Crippen LogP contribution in [0.4, 0.5) is 0 Å². The highest BCUT2D eigenvalue weighted by molar-refractivity contribution is 5.83. The molecule has 0 spiro atoms. The van der Waals surface area contributed by atoms with Gasteiger partial charge < -0.3 is 8.82 Å². The van der Waals surface area contributed by atoms with Crippen molar-refractivity contribution in [3.05, 3.63) is 48.6 Å². The van der Waals surface area contributed by atoms with E-state index in [1.54, 1.807) is 30.9 Å². The summed E-state index contributed by atoms with van der Waals surface area (Å²) < 4.78 is 7.16. The zero-order valence-corrected chi connectivity index (χ0v) is 8.33. The first-order valence-corrected chi connectivity index (χ1v) is 4.84. The summed E-state index contributed by atoms with van der Waals surface area (Å²) in [6.07, 6.45) is 7.66. The van der Waals surface area contributed by atoms with Crippen molar-refractivity contribution in [3.63, 3.8) is 0 Å². The maximum Gasteiger partial charge on any atom is 0.154 e. The van der Waals surface area contributed by atoms with Crippen molar-refractivity contribution in [2.75, 3.05) is 0 Å². The van der Waals surface area contributed by atoms with Gasteiger partial charge in [0.15, 0.2) is 12.0 Å². The van der Waals surface area contributed by atoms with Gasteiger partial charge in [-0.15, -0.1) is 0 Å². The minimum Gasteiger partial charge on any atom is -0.463 e. The molecule has 0 fully saturated rings. The van der Waals surface area contributed by atoms with Crippen molar-refractivity contribution in [1.82, 2.24) is 9.38 Å². The Bertz CT molecular complexity index is 638. The first kappa shape index (κ1) is 8.91. The molecule has 0 aliphatic rings. The van der Waals surface area contributed by atoms with E-state index in [4.69, 9.17) is 4.42 Å². The second kappa shape index (κ2) is 3.34. The average Bonchev–Trinajstić information content (AvgIpc) is 2.97. The molecule has 3 aromatic rings. The summed E-state index contributed by atoms with van der Waals surface area (Å²) in [6, 6.07) is 5.44. The van der Waals surface area contributed by atoms with Crippen LogP contribution in [0.1, 0.15) is 10.4 Å². The SMILES string of the molecule is O=Cc1cc2c(-c3ccco3)nccn2c1. The summed E-state index contributed by atoms with van der Waals surface area (Å²) in [5.74, 6) is 0.696. The van der Waals surface area contributed by atoms with Gasteiger partial charge in [0, 0.05) is 24.2 Å². The number of rotatable bonds is 2. The van der Waals surface area contributed by atoms with Crippen LogP contribution in [0, 0.1) is 0 Å². The Morgan fingerprint density at radius 3 is 3.12 bits per heavy atom. The number of aldehydes is 1. The lowest BCUT2D eigenvalue weighted by Crippen LogP contribution is -1.87. The molecule has 0 amide bonds. The van der Waals surface area contributed by atoms with Crippen LogP contribution >= 0.6 is 0 Å². The van der Waals surface area contributed by atoms with E-state index < -0.39 is 0 Å². The Hall–Kier alpha value is -2.36. The zero-order chi connectivity index (χ0) is 11.0. The predicted octanol–water partition coefficient (Wildman–Crippen LogP) is 2.41. The fourth-order valence-corrected chi connectivity index (χ4v) is 1.73. The molecular weight excluding hydrogens is 204 g/mol. The highest BCUT2D eigenvalue weighted by atomic mass is 16.3. The molecule has 16 heavy (non-hydrogen) atoms. The number of aromatic nitrogens is 2. The quantitative estimate of drug-likeness (QED) is 0.613. The van der Waals surface area contributed by atoms with E-state index in [2.05, 4.69) is 4.98 Å². The average molecular weight is 212 g/mol. The maximum absolute atomic E-state index is 10.7. The summed E-state index contributed by atoms with van der Waals surface area (Å²) in [5, 5.41) is 0. The topological polar surface area (TPSA) is 47.5 Å². The molecule has 78 valence electrons. The van der Waals surface area contributed by atoms with Gasteiger partial charge in [0.25, 0.3) is 0 Å². The van der Waals surface area contributed by atoms with Crippen LogP contribution in [0.25, 0.3) is 17.0 Å². The molecule has 3 heterocycles. The number of carbonyl (C=O) groups excluding carboxylic acids is 1. The second-order valence-electron chi connectivity index (χ2n) is 3.44. The van der Waals surface area contributed by atoms with Gasteiger partial charge in [-0.3, -0.25) is 4.79 Å². The lowest BCUT2D eigenvalue weighted by Gasteiger charge is -1.99. The Labute approximate surface area is 91.1 Å². The first-order chi connectivity index (χ1) is 7.88. The Morgan fingerprint density at radius 2 is 2.38 bits per heavy atom. The van der Waals surface area contributed by atoms with E-state index in [1.807, 2.05) is 16.5 Å². The molecule has 0 saturated heterocycles. The smallest absolute Gasteiger partial charge is 0.154 e. The highest BCUT2D eigenvalue weighted by Gasteiger charge is 2.09. The van der Waals surface area contributed by atoms with E-state index in [-0.39, 0.29) is 0 Å². The lowest BCUT2D eigenvalue weighted by molar-refractivity contribution is 0.112. The van der Waals surface area contributed by atoms with Gasteiger partial charge in [-0.1, -0.05) is 0 Å². The molecule has 0 bridgehead atoms. The molecule has 0 N–H and O–H groups in total. The molecule has 0 aromatic carbocycles. The Kier molecular flexibility index (Phi) is 1.86. The van der Waals surface area contributed by atoms with Crippen LogP contribution in [0.5, 0.6) is 0 Å². The minimum absolute atomic E-state index is 0.626. The van der Waals surface area contributed by atoms with Gasteiger partial charge in [0.2, 0.25) is 0 Å². The highest BCUT2D eigenvalue weighted by Crippen LogP contribution is 2.23. The van der Waals surface area contributed by atoms with E-state index >= 15 is 0 Å². The Balaban J connectivity index is 2.32. The van der Waals surface area contributed by atoms with Crippen molar-refractivity contribution in [1.29, 1.82) is 0 Å². The van der Waals surface area contributed by atoms with E-state index in [0.717, 1.165) is 17.5 Å². The summed E-state index contributed by atoms with van der Waals surface area (Å²) in [7, 11) is 0. The van der Waals surface area contributed by atoms with Gasteiger partial charge in [0.05, 0.1) is 11.8 Å². The molecule has 0 saturated carbocycles. The maximum atomic E-state index is 10.7. The second-order valence-corrected chi connectivity index (χ2v) is 3.44. The number of nitrogens with zero attached hydrogens (tertiary/aromatic N) is 2. The van der Waals surface area contributed by atoms with E-state index in [0.29, 0.717) is 11.3 Å². The van der Waals surface area contributed by atoms with Crippen molar-refractivity contribution in [2.24, 2.45) is 0 Å². The van der Waals surface area contributed by atoms with Crippen molar-refractivity contribution >= 4 is 11.8 Å². The van der Waals surface area contributed by atoms with Crippen molar-refractivity contribution in [3.8, 4) is 11.5 Å². The van der Waals surface area contributed by atoms with Gasteiger partial charge >= 0.3 is 0 Å². The Morgan fingerprint density at radius 1 is 1.44 bits per heavy atom. The van der Waals surface area contributed by atoms with Gasteiger partial charge in [0.1, 0.15) is 5.69 Å². The molecule has 4 heteroatoms. The summed E-state index contributed by atoms with van der Waals surface area (Å²) in [4.78, 5) is 15.0. The molecule has 0 unspecified atom stereocenters. The standard InChI is InChI=1S/C12H8N2O2/c15-8-9-6-10-12(11-2-1-5-16-11)13-3-4-14(10)7-9/h1-8H. The van der Waals surface area contributed by atoms with E-state index in [9.17, 15) is 4.79 Å². The largest absolute Gasteiger partial charge is 0.463 e. The van der Waals surface area contributed by atoms with Crippen LogP contribution in [0.2, 0.25) is 0 Å². The van der Waals surface area contributed by atoms with Crippen LogP contribution in [0.15, 0.2) is 47.5 Å². The summed E-state index contributed by atoms with van der Waals surface area (Å²) >= 11 is 0. The van der Waals surface area contributed by atoms with Crippen LogP contribution in [-0.4, -0.2) is 15.7 Å². The normalized spacial score (nSPS) is 10.8. The third-order valence-electron chi connectivity index (χ3n) is 2.43. The molecular formula is C12H8N2O2. The molecule has 3 rings (SSSR count). The summed E-state index contributed by atoms with van der Waals surface area (Å²) in [5.41, 5.74) is 2.22. The number of furan rings is 1. The van der Waals surface area contributed by atoms with E-state index in [1.165, 1.54) is 0 Å². The van der Waals surface area contributed by atoms with Gasteiger partial charge in [-0.05, 0) is 18.2 Å². The number of hydrogen-bond acceptors (Lipinski definition) is 3. The number of fused-ring (bicyclic) bond motifs is 1. The lowest BCUT2D eigenvalue weighted by atomic mass is 10.2. The van der Waals surface area contributed by atoms with Gasteiger partial charge in [-0.25, -0.2) is 4.98 Å². The van der Waals surface area contributed by atoms with Crippen molar-refractivity contribution in [2.45, 2.75) is 0 Å². The molecule has 0 radical (unpaired) electrons. The number of hydrogen-bond donors (Lipinski definition) is 0. The van der Waals surface area contributed by atoms with Crippen LogP contribution in [-0.2, 0) is 0 Å². The van der Waals surface area contributed by atoms with Crippen LogP contribution < -0.4 is 0 Å². The van der Waals surface area contributed by atoms with Gasteiger partial charge in [-0.2, -0.15) is 0 Å². The number of carbonyl (C=O) groups is 1. The fraction of sp³-hybridized carbons (Fsp3) is 0. The molecule has 0 aliphatic heterocycles. The summed E-state index contributed by atoms with van der Waals surface area (Å²) in [6.45, 7) is 0. The molecule has 0 atom stereocenters. The monoisotopic (exact) mass is 212 g/mol. The third kappa shape index (κ3) is 1.24. The third-order valence-corrected chi connectivity index (χ3v) is 2.43. The first-order valence-electron chi connectivity index (χ1n) is 4.84. The molecule has 0 aliphatic carbocycles. The fourth-order valence-electron chi connectivity index (χ4n) is 1.73. The minimum atomic E-state index is 0.626. The zero-order valence-electron chi connectivity index (χ0n) is 8.33. The van der Waals surface area contributed by atoms with Crippen molar-refractivity contribution < 1.29 is 9.21 Å². The molecule has 3 aromatic heterocycles.